The zero-order valence-corrected chi connectivity index (χ0v) is 11.6. The molecule has 2 aliphatic rings. The lowest BCUT2D eigenvalue weighted by Gasteiger charge is -2.23. The van der Waals surface area contributed by atoms with Crippen molar-refractivity contribution in [1.29, 1.82) is 0 Å². The van der Waals surface area contributed by atoms with Crippen LogP contribution in [-0.2, 0) is 11.2 Å². The molecule has 3 rings (SSSR count). The fraction of sp³-hybridized carbons (Fsp3) is 0.500. The van der Waals surface area contributed by atoms with E-state index in [9.17, 15) is 4.79 Å². The Kier molecular flexibility index (Phi) is 4.66. The topological polar surface area (TPSA) is 50.4 Å². The van der Waals surface area contributed by atoms with Crippen LogP contribution in [0.4, 0.5) is 5.69 Å². The third kappa shape index (κ3) is 3.19. The maximum atomic E-state index is 12.1. The second kappa shape index (κ2) is 6.26. The summed E-state index contributed by atoms with van der Waals surface area (Å²) in [7, 11) is 0. The van der Waals surface area contributed by atoms with Crippen molar-refractivity contribution in [1.82, 2.24) is 5.32 Å². The van der Waals surface area contributed by atoms with E-state index in [1.165, 1.54) is 5.56 Å². The molecule has 0 radical (unpaired) electrons. The molecule has 0 bridgehead atoms. The van der Waals surface area contributed by atoms with Gasteiger partial charge in [-0.2, -0.15) is 0 Å². The average Bonchev–Trinajstić information content (AvgIpc) is 2.87. The van der Waals surface area contributed by atoms with Gasteiger partial charge >= 0.3 is 0 Å². The summed E-state index contributed by atoms with van der Waals surface area (Å²) < 4.78 is 5.29. The van der Waals surface area contributed by atoms with Gasteiger partial charge in [-0.25, -0.2) is 0 Å². The number of rotatable bonds is 2. The number of carbonyl (C=O) groups excluding carboxylic acids is 1. The van der Waals surface area contributed by atoms with Gasteiger partial charge in [0, 0.05) is 37.1 Å². The minimum Gasteiger partial charge on any atom is -0.384 e. The number of nitrogens with one attached hydrogen (secondary N) is 2. The maximum absolute atomic E-state index is 12.1. The van der Waals surface area contributed by atoms with Crippen molar-refractivity contribution >= 4 is 24.0 Å². The number of benzene rings is 1. The van der Waals surface area contributed by atoms with Crippen LogP contribution in [0.25, 0.3) is 0 Å². The summed E-state index contributed by atoms with van der Waals surface area (Å²) in [6, 6.07) is 6.16. The standard InChI is InChI=1S/C14H18N2O2.ClH/c17-14(16-12-4-7-18-8-5-12)11-1-2-13-10(9-11)3-6-15-13;/h1-2,9,12,15H,3-8H2,(H,16,17);1H. The van der Waals surface area contributed by atoms with Crippen LogP contribution < -0.4 is 10.6 Å². The molecule has 0 aliphatic carbocycles. The average molecular weight is 283 g/mol. The van der Waals surface area contributed by atoms with Crippen LogP contribution in [0.2, 0.25) is 0 Å². The Hall–Kier alpha value is -1.26. The molecule has 19 heavy (non-hydrogen) atoms. The highest BCUT2D eigenvalue weighted by Crippen LogP contribution is 2.23. The van der Waals surface area contributed by atoms with E-state index in [-0.39, 0.29) is 24.4 Å². The number of halogens is 1. The Bertz CT molecular complexity index is 459. The van der Waals surface area contributed by atoms with Crippen molar-refractivity contribution in [3.8, 4) is 0 Å². The quantitative estimate of drug-likeness (QED) is 0.872. The van der Waals surface area contributed by atoms with Gasteiger partial charge in [0.1, 0.15) is 0 Å². The lowest BCUT2D eigenvalue weighted by molar-refractivity contribution is 0.0696. The van der Waals surface area contributed by atoms with Crippen molar-refractivity contribution in [3.63, 3.8) is 0 Å². The molecule has 0 aromatic heterocycles. The van der Waals surface area contributed by atoms with Gasteiger partial charge in [-0.05, 0) is 43.0 Å². The lowest BCUT2D eigenvalue weighted by atomic mass is 10.1. The summed E-state index contributed by atoms with van der Waals surface area (Å²) in [5.74, 6) is 0.0385. The van der Waals surface area contributed by atoms with Gasteiger partial charge in [0.15, 0.2) is 0 Å². The zero-order chi connectivity index (χ0) is 12.4. The fourth-order valence-corrected chi connectivity index (χ4v) is 2.56. The van der Waals surface area contributed by atoms with Crippen LogP contribution >= 0.6 is 12.4 Å². The van der Waals surface area contributed by atoms with Crippen molar-refractivity contribution in [2.75, 3.05) is 25.1 Å². The molecular formula is C14H19ClN2O2. The van der Waals surface area contributed by atoms with E-state index in [2.05, 4.69) is 10.6 Å². The van der Waals surface area contributed by atoms with Gasteiger partial charge < -0.3 is 15.4 Å². The predicted molar refractivity (Wildman–Crippen MR) is 77.2 cm³/mol. The number of amides is 1. The van der Waals surface area contributed by atoms with Gasteiger partial charge in [-0.3, -0.25) is 4.79 Å². The van der Waals surface area contributed by atoms with Crippen LogP contribution in [0, 0.1) is 0 Å². The Morgan fingerprint density at radius 1 is 1.32 bits per heavy atom. The molecule has 1 saturated heterocycles. The van der Waals surface area contributed by atoms with Crippen LogP contribution in [-0.4, -0.2) is 31.7 Å². The molecule has 0 atom stereocenters. The third-order valence-corrected chi connectivity index (χ3v) is 3.63. The first-order valence-electron chi connectivity index (χ1n) is 6.58. The molecule has 1 aromatic carbocycles. The third-order valence-electron chi connectivity index (χ3n) is 3.63. The van der Waals surface area contributed by atoms with Crippen molar-refractivity contribution in [2.45, 2.75) is 25.3 Å². The summed E-state index contributed by atoms with van der Waals surface area (Å²) in [5.41, 5.74) is 3.18. The molecule has 2 aliphatic heterocycles. The van der Waals surface area contributed by atoms with E-state index in [4.69, 9.17) is 4.74 Å². The lowest BCUT2D eigenvalue weighted by Crippen LogP contribution is -2.38. The van der Waals surface area contributed by atoms with Crippen LogP contribution in [0.15, 0.2) is 18.2 Å². The number of hydrogen-bond donors (Lipinski definition) is 2. The van der Waals surface area contributed by atoms with Gasteiger partial charge in [0.2, 0.25) is 0 Å². The summed E-state index contributed by atoms with van der Waals surface area (Å²) in [6.45, 7) is 2.47. The minimum atomic E-state index is 0. The Balaban J connectivity index is 0.00000133. The highest BCUT2D eigenvalue weighted by atomic mass is 35.5. The van der Waals surface area contributed by atoms with Crippen molar-refractivity contribution in [2.24, 2.45) is 0 Å². The summed E-state index contributed by atoms with van der Waals surface area (Å²) in [4.78, 5) is 12.1. The zero-order valence-electron chi connectivity index (χ0n) is 10.8. The molecule has 1 amide bonds. The summed E-state index contributed by atoms with van der Waals surface area (Å²) >= 11 is 0. The van der Waals surface area contributed by atoms with Gasteiger partial charge in [-0.15, -0.1) is 12.4 Å². The smallest absolute Gasteiger partial charge is 0.251 e. The molecule has 5 heteroatoms. The molecule has 0 saturated carbocycles. The second-order valence-corrected chi connectivity index (χ2v) is 4.91. The molecule has 2 N–H and O–H groups in total. The Labute approximate surface area is 119 Å². The van der Waals surface area contributed by atoms with Crippen LogP contribution in [0.5, 0.6) is 0 Å². The van der Waals surface area contributed by atoms with E-state index < -0.39 is 0 Å². The molecule has 1 fully saturated rings. The van der Waals surface area contributed by atoms with Gasteiger partial charge in [0.05, 0.1) is 0 Å². The van der Waals surface area contributed by atoms with E-state index >= 15 is 0 Å². The fourth-order valence-electron chi connectivity index (χ4n) is 2.56. The van der Waals surface area contributed by atoms with E-state index in [1.54, 1.807) is 0 Å². The van der Waals surface area contributed by atoms with Crippen LogP contribution in [0.1, 0.15) is 28.8 Å². The Morgan fingerprint density at radius 3 is 2.89 bits per heavy atom. The molecule has 1 aromatic rings. The Morgan fingerprint density at radius 2 is 2.11 bits per heavy atom. The second-order valence-electron chi connectivity index (χ2n) is 4.91. The van der Waals surface area contributed by atoms with Crippen molar-refractivity contribution in [3.05, 3.63) is 29.3 Å². The first-order valence-corrected chi connectivity index (χ1v) is 6.58. The molecule has 0 unspecified atom stereocenters. The van der Waals surface area contributed by atoms with E-state index in [0.29, 0.717) is 0 Å². The first-order chi connectivity index (χ1) is 8.83. The monoisotopic (exact) mass is 282 g/mol. The number of carbonyl (C=O) groups is 1. The maximum Gasteiger partial charge on any atom is 0.251 e. The molecular weight excluding hydrogens is 264 g/mol. The summed E-state index contributed by atoms with van der Waals surface area (Å²) in [6.07, 6.45) is 2.84. The van der Waals surface area contributed by atoms with Gasteiger partial charge in [0.25, 0.3) is 5.91 Å². The molecule has 2 heterocycles. The van der Waals surface area contributed by atoms with Crippen molar-refractivity contribution < 1.29 is 9.53 Å². The summed E-state index contributed by atoms with van der Waals surface area (Å²) in [5, 5.41) is 6.39. The molecule has 4 nitrogen and oxygen atoms in total. The normalized spacial score (nSPS) is 18.1. The molecule has 0 spiro atoms. The number of anilines is 1. The largest absolute Gasteiger partial charge is 0.384 e. The van der Waals surface area contributed by atoms with Crippen LogP contribution in [0.3, 0.4) is 0 Å². The highest BCUT2D eigenvalue weighted by molar-refractivity contribution is 5.95. The number of hydrogen-bond acceptors (Lipinski definition) is 3. The van der Waals surface area contributed by atoms with Gasteiger partial charge in [-0.1, -0.05) is 0 Å². The molecule has 104 valence electrons. The number of ether oxygens (including phenoxy) is 1. The van der Waals surface area contributed by atoms with E-state index in [1.807, 2.05) is 18.2 Å². The SMILES string of the molecule is Cl.O=C(NC1CCOCC1)c1ccc2c(c1)CCN2. The predicted octanol–water partition coefficient (Wildman–Crippen LogP) is 1.99. The first kappa shape index (κ1) is 14.2. The highest BCUT2D eigenvalue weighted by Gasteiger charge is 2.18. The number of fused-ring (bicyclic) bond motifs is 1. The van der Waals surface area contributed by atoms with E-state index in [0.717, 1.165) is 50.3 Å². The minimum absolute atomic E-state index is 0.